The molecule has 1 aliphatic carbocycles. The number of hydrogen-bond donors (Lipinski definition) is 0. The molecule has 2 aromatic heterocycles. The summed E-state index contributed by atoms with van der Waals surface area (Å²) < 4.78 is 2.61. The minimum Gasteiger partial charge on any atom is -0.228 e. The lowest BCUT2D eigenvalue weighted by molar-refractivity contribution is 0.660. The van der Waals surface area contributed by atoms with Gasteiger partial charge in [0, 0.05) is 42.3 Å². The van der Waals surface area contributed by atoms with Crippen molar-refractivity contribution in [3.8, 4) is 78.4 Å². The second-order valence-corrected chi connectivity index (χ2v) is 16.9. The second kappa shape index (κ2) is 13.6. The Kier molecular flexibility index (Phi) is 8.06. The van der Waals surface area contributed by atoms with E-state index in [9.17, 15) is 0 Å². The van der Waals surface area contributed by atoms with Crippen molar-refractivity contribution in [2.75, 3.05) is 0 Å². The van der Waals surface area contributed by atoms with Crippen LogP contribution in [-0.4, -0.2) is 9.97 Å². The van der Waals surface area contributed by atoms with Gasteiger partial charge >= 0.3 is 0 Å². The fraction of sp³-hybridized carbons (Fsp3) is 0.0545. The van der Waals surface area contributed by atoms with Crippen LogP contribution in [0.3, 0.4) is 0 Å². The van der Waals surface area contributed by atoms with Crippen LogP contribution in [0, 0.1) is 0 Å². The number of aromatic nitrogens is 2. The Hall–Kier alpha value is -6.94. The zero-order valence-corrected chi connectivity index (χ0v) is 33.1. The number of rotatable bonds is 6. The average Bonchev–Trinajstić information content (AvgIpc) is 3.77. The number of fused-ring (bicyclic) bond motifs is 6. The molecule has 0 saturated heterocycles. The highest BCUT2D eigenvalue weighted by Gasteiger charge is 2.35. The minimum atomic E-state index is -0.0725. The number of thiophene rings is 1. The molecule has 0 amide bonds. The van der Waals surface area contributed by atoms with Crippen LogP contribution in [0.25, 0.3) is 98.6 Å². The largest absolute Gasteiger partial charge is 0.228 e. The van der Waals surface area contributed by atoms with Gasteiger partial charge in [-0.05, 0) is 110 Å². The van der Waals surface area contributed by atoms with Gasteiger partial charge in [-0.25, -0.2) is 9.97 Å². The van der Waals surface area contributed by atoms with Crippen LogP contribution in [0.15, 0.2) is 194 Å². The van der Waals surface area contributed by atoms with Crippen molar-refractivity contribution in [1.82, 2.24) is 9.97 Å². The SMILES string of the molecule is CC1(C)c2ccccc2-c2cc(-c3cc(-c4cc(-c5ccccc5)cc(-c5ccc6sc7ccccc7c6c5)c4)nc(-c4cccc(-c5ccccc5)c4)n3)ccc21. The molecular weight excluding hydrogens is 721 g/mol. The maximum absolute atomic E-state index is 5.41. The molecule has 0 bridgehead atoms. The number of hydrogen-bond acceptors (Lipinski definition) is 3. The summed E-state index contributed by atoms with van der Waals surface area (Å²) in [6.07, 6.45) is 0. The van der Waals surface area contributed by atoms with E-state index in [-0.39, 0.29) is 5.41 Å². The fourth-order valence-corrected chi connectivity index (χ4v) is 9.95. The maximum Gasteiger partial charge on any atom is 0.160 e. The lowest BCUT2D eigenvalue weighted by Gasteiger charge is -2.21. The smallest absolute Gasteiger partial charge is 0.160 e. The summed E-state index contributed by atoms with van der Waals surface area (Å²) in [4.78, 5) is 10.8. The van der Waals surface area contributed by atoms with E-state index >= 15 is 0 Å². The van der Waals surface area contributed by atoms with Crippen molar-refractivity contribution in [2.24, 2.45) is 0 Å². The van der Waals surface area contributed by atoms with Crippen LogP contribution in [0.1, 0.15) is 25.0 Å². The van der Waals surface area contributed by atoms with E-state index in [0.29, 0.717) is 5.82 Å². The summed E-state index contributed by atoms with van der Waals surface area (Å²) in [5, 5.41) is 2.59. The first-order chi connectivity index (χ1) is 28.5. The third-order valence-corrected chi connectivity index (χ3v) is 13.0. The van der Waals surface area contributed by atoms with Gasteiger partial charge in [0.2, 0.25) is 0 Å². The summed E-state index contributed by atoms with van der Waals surface area (Å²) in [7, 11) is 0. The van der Waals surface area contributed by atoms with Crippen LogP contribution >= 0.6 is 11.3 Å². The van der Waals surface area contributed by atoms with Gasteiger partial charge in [-0.3, -0.25) is 0 Å². The molecule has 58 heavy (non-hydrogen) atoms. The first-order valence-corrected chi connectivity index (χ1v) is 20.7. The topological polar surface area (TPSA) is 25.8 Å². The Bertz CT molecular complexity index is 3190. The van der Waals surface area contributed by atoms with Gasteiger partial charge in [-0.1, -0.05) is 153 Å². The maximum atomic E-state index is 5.41. The molecule has 0 unspecified atom stereocenters. The molecule has 0 spiro atoms. The molecule has 1 aliphatic rings. The Balaban J connectivity index is 1.12. The van der Waals surface area contributed by atoms with E-state index in [2.05, 4.69) is 208 Å². The van der Waals surface area contributed by atoms with Gasteiger partial charge in [0.25, 0.3) is 0 Å². The zero-order chi connectivity index (χ0) is 38.8. The van der Waals surface area contributed by atoms with E-state index in [0.717, 1.165) is 55.9 Å². The summed E-state index contributed by atoms with van der Waals surface area (Å²) in [5.41, 5.74) is 17.0. The predicted molar refractivity (Wildman–Crippen MR) is 245 cm³/mol. The molecule has 0 atom stereocenters. The first kappa shape index (κ1) is 34.3. The molecular formula is C55H38N2S. The molecule has 0 radical (unpaired) electrons. The molecule has 8 aromatic carbocycles. The van der Waals surface area contributed by atoms with Crippen LogP contribution in [-0.2, 0) is 5.41 Å². The molecule has 0 N–H and O–H groups in total. The van der Waals surface area contributed by atoms with Crippen LogP contribution < -0.4 is 0 Å². The van der Waals surface area contributed by atoms with E-state index in [4.69, 9.17) is 9.97 Å². The van der Waals surface area contributed by atoms with Gasteiger partial charge in [0.1, 0.15) is 0 Å². The summed E-state index contributed by atoms with van der Waals surface area (Å²) >= 11 is 1.85. The first-order valence-electron chi connectivity index (χ1n) is 19.9. The lowest BCUT2D eigenvalue weighted by Crippen LogP contribution is -2.14. The van der Waals surface area contributed by atoms with Gasteiger partial charge in [-0.2, -0.15) is 0 Å². The molecule has 2 heterocycles. The average molecular weight is 759 g/mol. The third kappa shape index (κ3) is 5.86. The molecule has 11 rings (SSSR count). The van der Waals surface area contributed by atoms with E-state index in [1.165, 1.54) is 48.0 Å². The third-order valence-electron chi connectivity index (χ3n) is 11.9. The summed E-state index contributed by atoms with van der Waals surface area (Å²) in [5.74, 6) is 0.698. The van der Waals surface area contributed by atoms with Gasteiger partial charge in [0.15, 0.2) is 5.82 Å². The molecule has 0 saturated carbocycles. The molecule has 2 nitrogen and oxygen atoms in total. The quantitative estimate of drug-likeness (QED) is 0.169. The van der Waals surface area contributed by atoms with E-state index in [1.807, 2.05) is 11.3 Å². The fourth-order valence-electron chi connectivity index (χ4n) is 8.87. The summed E-state index contributed by atoms with van der Waals surface area (Å²) in [6.45, 7) is 4.65. The van der Waals surface area contributed by atoms with Crippen molar-refractivity contribution in [3.05, 3.63) is 205 Å². The normalized spacial score (nSPS) is 12.8. The van der Waals surface area contributed by atoms with Gasteiger partial charge in [0.05, 0.1) is 11.4 Å². The van der Waals surface area contributed by atoms with Crippen molar-refractivity contribution in [3.63, 3.8) is 0 Å². The second-order valence-electron chi connectivity index (χ2n) is 15.8. The van der Waals surface area contributed by atoms with Crippen molar-refractivity contribution >= 4 is 31.5 Å². The lowest BCUT2D eigenvalue weighted by atomic mass is 9.82. The highest BCUT2D eigenvalue weighted by atomic mass is 32.1. The number of nitrogens with zero attached hydrogens (tertiary/aromatic N) is 2. The zero-order valence-electron chi connectivity index (χ0n) is 32.3. The van der Waals surface area contributed by atoms with Crippen molar-refractivity contribution in [2.45, 2.75) is 19.3 Å². The molecule has 0 fully saturated rings. The van der Waals surface area contributed by atoms with Crippen molar-refractivity contribution < 1.29 is 0 Å². The van der Waals surface area contributed by atoms with Gasteiger partial charge < -0.3 is 0 Å². The molecule has 274 valence electrons. The highest BCUT2D eigenvalue weighted by Crippen LogP contribution is 2.49. The Morgan fingerprint density at radius 1 is 0.345 bits per heavy atom. The standard InChI is InChI=1S/C55H38N2S/c1-55(2)48-22-11-9-20-44(48)46-33-39(24-26-49(46)55)50-34-51(57-54(56-50)40-19-13-18-37(28-40)35-14-5-3-6-15-35)43-30-41(36-16-7-4-8-17-36)29-42(31-43)38-25-27-53-47(32-38)45-21-10-12-23-52(45)58-53/h3-34H,1-2H3. The highest BCUT2D eigenvalue weighted by molar-refractivity contribution is 7.25. The van der Waals surface area contributed by atoms with Crippen molar-refractivity contribution in [1.29, 1.82) is 0 Å². The number of benzene rings is 8. The Morgan fingerprint density at radius 3 is 1.71 bits per heavy atom. The van der Waals surface area contributed by atoms with E-state index in [1.54, 1.807) is 0 Å². The van der Waals surface area contributed by atoms with Crippen LogP contribution in [0.5, 0.6) is 0 Å². The molecule has 0 aliphatic heterocycles. The van der Waals surface area contributed by atoms with Gasteiger partial charge in [-0.15, -0.1) is 11.3 Å². The van der Waals surface area contributed by atoms with E-state index < -0.39 is 0 Å². The summed E-state index contributed by atoms with van der Waals surface area (Å²) in [6, 6.07) is 70.2. The van der Waals surface area contributed by atoms with Crippen LogP contribution in [0.2, 0.25) is 0 Å². The monoisotopic (exact) mass is 758 g/mol. The predicted octanol–water partition coefficient (Wildman–Crippen LogP) is 15.2. The minimum absolute atomic E-state index is 0.0725. The Morgan fingerprint density at radius 2 is 0.897 bits per heavy atom. The van der Waals surface area contributed by atoms with Crippen LogP contribution in [0.4, 0.5) is 0 Å². The molecule has 10 aromatic rings. The Labute approximate surface area is 342 Å². The molecule has 3 heteroatoms.